The van der Waals surface area contributed by atoms with Crippen LogP contribution in [0, 0.1) is 0 Å². The average Bonchev–Trinajstić information content (AvgIpc) is 2.29. The molecule has 0 aliphatic carbocycles. The number of amides is 1. The summed E-state index contributed by atoms with van der Waals surface area (Å²) in [5, 5.41) is 11.7. The second-order valence-electron chi connectivity index (χ2n) is 3.81. The number of carbonyl (C=O) groups excluding carboxylic acids is 1. The van der Waals surface area contributed by atoms with E-state index in [4.69, 9.17) is 5.11 Å². The Bertz CT molecular complexity index is 410. The molecule has 0 heterocycles. The Balaban J connectivity index is 2.51. The molecule has 0 saturated carbocycles. The summed E-state index contributed by atoms with van der Waals surface area (Å²) < 4.78 is 0.915. The molecule has 1 amide bonds. The molecule has 0 aliphatic rings. The van der Waals surface area contributed by atoms with Crippen LogP contribution >= 0.6 is 15.9 Å². The molecule has 0 fully saturated rings. The zero-order valence-corrected chi connectivity index (χ0v) is 11.7. The van der Waals surface area contributed by atoms with Gasteiger partial charge in [-0.25, -0.2) is 0 Å². The lowest BCUT2D eigenvalue weighted by atomic mass is 10.3. The Kier molecular flexibility index (Phi) is 6.64. The zero-order chi connectivity index (χ0) is 13.4. The first-order valence-electron chi connectivity index (χ1n) is 5.65. The molecule has 18 heavy (non-hydrogen) atoms. The van der Waals surface area contributed by atoms with E-state index in [-0.39, 0.29) is 19.1 Å². The maximum absolute atomic E-state index is 11.8. The first kappa shape index (κ1) is 14.9. The standard InChI is InChI=1S/C13H17BrN2O2/c1-2-6-16(7-8-17)10-13(18)15-12-5-3-4-11(14)9-12/h2-5,9,17H,1,6-8,10H2,(H,15,18). The Morgan fingerprint density at radius 3 is 2.94 bits per heavy atom. The number of rotatable bonds is 7. The Morgan fingerprint density at radius 2 is 2.33 bits per heavy atom. The second kappa shape index (κ2) is 8.02. The number of halogens is 1. The number of anilines is 1. The minimum Gasteiger partial charge on any atom is -0.395 e. The molecule has 5 heteroatoms. The summed E-state index contributed by atoms with van der Waals surface area (Å²) in [4.78, 5) is 13.6. The van der Waals surface area contributed by atoms with Crippen LogP contribution in [0.5, 0.6) is 0 Å². The third-order valence-corrected chi connectivity index (χ3v) is 2.77. The van der Waals surface area contributed by atoms with Crippen molar-refractivity contribution in [3.05, 3.63) is 41.4 Å². The lowest BCUT2D eigenvalue weighted by molar-refractivity contribution is -0.117. The third-order valence-electron chi connectivity index (χ3n) is 2.28. The van der Waals surface area contributed by atoms with E-state index in [1.165, 1.54) is 0 Å². The summed E-state index contributed by atoms with van der Waals surface area (Å²) in [7, 11) is 0. The fourth-order valence-electron chi connectivity index (χ4n) is 1.53. The van der Waals surface area contributed by atoms with Crippen molar-refractivity contribution in [3.8, 4) is 0 Å². The molecule has 0 spiro atoms. The van der Waals surface area contributed by atoms with Crippen molar-refractivity contribution in [1.29, 1.82) is 0 Å². The number of nitrogens with zero attached hydrogens (tertiary/aromatic N) is 1. The van der Waals surface area contributed by atoms with Crippen molar-refractivity contribution in [2.45, 2.75) is 0 Å². The molecule has 0 bridgehead atoms. The molecule has 4 nitrogen and oxygen atoms in total. The third kappa shape index (κ3) is 5.44. The first-order valence-corrected chi connectivity index (χ1v) is 6.44. The predicted octanol–water partition coefficient (Wildman–Crippen LogP) is 1.87. The predicted molar refractivity (Wildman–Crippen MR) is 76.5 cm³/mol. The summed E-state index contributed by atoms with van der Waals surface area (Å²) in [6, 6.07) is 7.41. The molecule has 0 radical (unpaired) electrons. The summed E-state index contributed by atoms with van der Waals surface area (Å²) in [5.74, 6) is -0.108. The fourth-order valence-corrected chi connectivity index (χ4v) is 1.93. The molecule has 1 aromatic carbocycles. The quantitative estimate of drug-likeness (QED) is 0.756. The van der Waals surface area contributed by atoms with Gasteiger partial charge in [0.1, 0.15) is 0 Å². The van der Waals surface area contributed by atoms with Gasteiger partial charge in [0.2, 0.25) is 5.91 Å². The van der Waals surface area contributed by atoms with Crippen LogP contribution < -0.4 is 5.32 Å². The van der Waals surface area contributed by atoms with Gasteiger partial charge in [-0.1, -0.05) is 28.1 Å². The van der Waals surface area contributed by atoms with Gasteiger partial charge in [0.05, 0.1) is 13.2 Å². The molecule has 98 valence electrons. The summed E-state index contributed by atoms with van der Waals surface area (Å²) >= 11 is 3.34. The molecule has 0 aromatic heterocycles. The van der Waals surface area contributed by atoms with Crippen LogP contribution in [0.15, 0.2) is 41.4 Å². The first-order chi connectivity index (χ1) is 8.65. The highest BCUT2D eigenvalue weighted by Gasteiger charge is 2.09. The molecule has 2 N–H and O–H groups in total. The van der Waals surface area contributed by atoms with E-state index in [2.05, 4.69) is 27.8 Å². The van der Waals surface area contributed by atoms with Crippen LogP contribution in [-0.4, -0.2) is 42.2 Å². The van der Waals surface area contributed by atoms with Crippen LogP contribution in [0.3, 0.4) is 0 Å². The molecular formula is C13H17BrN2O2. The van der Waals surface area contributed by atoms with Crippen molar-refractivity contribution in [2.75, 3.05) is 31.6 Å². The van der Waals surface area contributed by atoms with E-state index in [0.29, 0.717) is 13.1 Å². The van der Waals surface area contributed by atoms with E-state index >= 15 is 0 Å². The van der Waals surface area contributed by atoms with E-state index in [1.54, 1.807) is 6.08 Å². The van der Waals surface area contributed by atoms with Gasteiger partial charge >= 0.3 is 0 Å². The normalized spacial score (nSPS) is 10.4. The number of aliphatic hydroxyl groups excluding tert-OH is 1. The van der Waals surface area contributed by atoms with Crippen molar-refractivity contribution in [1.82, 2.24) is 4.90 Å². The van der Waals surface area contributed by atoms with Crippen molar-refractivity contribution >= 4 is 27.5 Å². The maximum Gasteiger partial charge on any atom is 0.238 e. The second-order valence-corrected chi connectivity index (χ2v) is 4.72. The van der Waals surface area contributed by atoms with Gasteiger partial charge in [0, 0.05) is 23.2 Å². The van der Waals surface area contributed by atoms with Gasteiger partial charge < -0.3 is 10.4 Å². The van der Waals surface area contributed by atoms with Gasteiger partial charge in [0.25, 0.3) is 0 Å². The van der Waals surface area contributed by atoms with E-state index in [1.807, 2.05) is 29.2 Å². The Hall–Kier alpha value is -1.17. The fraction of sp³-hybridized carbons (Fsp3) is 0.308. The highest BCUT2D eigenvalue weighted by Crippen LogP contribution is 2.15. The van der Waals surface area contributed by atoms with Crippen LogP contribution in [0.1, 0.15) is 0 Å². The molecule has 0 atom stereocenters. The van der Waals surface area contributed by atoms with Gasteiger partial charge in [-0.2, -0.15) is 0 Å². The smallest absolute Gasteiger partial charge is 0.238 e. The topological polar surface area (TPSA) is 52.6 Å². The van der Waals surface area contributed by atoms with E-state index < -0.39 is 0 Å². The average molecular weight is 313 g/mol. The number of hydrogen-bond donors (Lipinski definition) is 2. The SMILES string of the molecule is C=CCN(CCO)CC(=O)Nc1cccc(Br)c1. The number of nitrogens with one attached hydrogen (secondary N) is 1. The summed E-state index contributed by atoms with van der Waals surface area (Å²) in [5.41, 5.74) is 0.747. The minimum atomic E-state index is -0.108. The molecule has 0 aliphatic heterocycles. The maximum atomic E-state index is 11.8. The van der Waals surface area contributed by atoms with Crippen LogP contribution in [-0.2, 0) is 4.79 Å². The van der Waals surface area contributed by atoms with Gasteiger partial charge in [-0.05, 0) is 18.2 Å². The highest BCUT2D eigenvalue weighted by atomic mass is 79.9. The van der Waals surface area contributed by atoms with Crippen molar-refractivity contribution in [2.24, 2.45) is 0 Å². The number of aliphatic hydroxyl groups is 1. The van der Waals surface area contributed by atoms with Crippen molar-refractivity contribution in [3.63, 3.8) is 0 Å². The van der Waals surface area contributed by atoms with Crippen LogP contribution in [0.4, 0.5) is 5.69 Å². The zero-order valence-electron chi connectivity index (χ0n) is 10.1. The van der Waals surface area contributed by atoms with Crippen LogP contribution in [0.25, 0.3) is 0 Å². The molecule has 1 aromatic rings. The molecule has 0 unspecified atom stereocenters. The Morgan fingerprint density at radius 1 is 1.56 bits per heavy atom. The lowest BCUT2D eigenvalue weighted by Crippen LogP contribution is -2.35. The molecular weight excluding hydrogens is 296 g/mol. The summed E-state index contributed by atoms with van der Waals surface area (Å²) in [6.07, 6.45) is 1.71. The number of carbonyl (C=O) groups is 1. The van der Waals surface area contributed by atoms with E-state index in [0.717, 1.165) is 10.2 Å². The minimum absolute atomic E-state index is 0.0258. The van der Waals surface area contributed by atoms with Gasteiger partial charge in [-0.3, -0.25) is 9.69 Å². The Labute approximate surface area is 115 Å². The number of benzene rings is 1. The lowest BCUT2D eigenvalue weighted by Gasteiger charge is -2.18. The van der Waals surface area contributed by atoms with E-state index in [9.17, 15) is 4.79 Å². The molecule has 1 rings (SSSR count). The number of hydrogen-bond acceptors (Lipinski definition) is 3. The van der Waals surface area contributed by atoms with Gasteiger partial charge in [0.15, 0.2) is 0 Å². The largest absolute Gasteiger partial charge is 0.395 e. The highest BCUT2D eigenvalue weighted by molar-refractivity contribution is 9.10. The monoisotopic (exact) mass is 312 g/mol. The summed E-state index contributed by atoms with van der Waals surface area (Å²) in [6.45, 7) is 4.92. The van der Waals surface area contributed by atoms with Gasteiger partial charge in [-0.15, -0.1) is 6.58 Å². The van der Waals surface area contributed by atoms with Crippen molar-refractivity contribution < 1.29 is 9.90 Å². The molecule has 0 saturated heterocycles. The van der Waals surface area contributed by atoms with Crippen LogP contribution in [0.2, 0.25) is 0 Å².